The Labute approximate surface area is 121 Å². The molecule has 5 heteroatoms. The number of fused-ring (bicyclic) bond motifs is 1. The number of carbonyl (C=O) groups excluding carboxylic acids is 1. The second kappa shape index (κ2) is 5.43. The van der Waals surface area contributed by atoms with Crippen LogP contribution in [-0.4, -0.2) is 28.9 Å². The summed E-state index contributed by atoms with van der Waals surface area (Å²) in [7, 11) is 0. The van der Waals surface area contributed by atoms with Crippen LogP contribution in [0.3, 0.4) is 0 Å². The van der Waals surface area contributed by atoms with Gasteiger partial charge in [0, 0.05) is 35.6 Å². The first kappa shape index (κ1) is 12.8. The summed E-state index contributed by atoms with van der Waals surface area (Å²) in [6.45, 7) is 1.73. The molecule has 1 aliphatic heterocycles. The van der Waals surface area contributed by atoms with Crippen molar-refractivity contribution in [3.05, 3.63) is 34.8 Å². The molecule has 1 saturated heterocycles. The van der Waals surface area contributed by atoms with E-state index in [0.29, 0.717) is 5.56 Å². The number of thiophene rings is 1. The van der Waals surface area contributed by atoms with Crippen molar-refractivity contribution in [3.63, 3.8) is 0 Å². The number of nitrogens with zero attached hydrogens (tertiary/aromatic N) is 3. The van der Waals surface area contributed by atoms with Crippen LogP contribution in [0, 0.1) is 11.3 Å². The number of rotatable bonds is 2. The van der Waals surface area contributed by atoms with Crippen LogP contribution in [0.4, 0.5) is 0 Å². The fraction of sp³-hybridized carbons (Fsp3) is 0.267. The van der Waals surface area contributed by atoms with Crippen molar-refractivity contribution in [2.75, 3.05) is 13.1 Å². The number of carbonyl (C=O) groups is 1. The van der Waals surface area contributed by atoms with Gasteiger partial charge in [-0.3, -0.25) is 4.79 Å². The number of pyridine rings is 1. The Bertz CT molecular complexity index is 720. The molecule has 3 rings (SSSR count). The standard InChI is InChI=1S/C15H13N3OS/c16-9-11-7-12-8-13(20-15(12)17-10-11)3-4-14(19)18-5-1-2-6-18/h3-4,7-8,10H,1-2,5-6H2/b4-3+. The Hall–Kier alpha value is -2.19. The van der Waals surface area contributed by atoms with Crippen LogP contribution in [0.5, 0.6) is 0 Å². The smallest absolute Gasteiger partial charge is 0.246 e. The van der Waals surface area contributed by atoms with Gasteiger partial charge in [0.1, 0.15) is 10.9 Å². The summed E-state index contributed by atoms with van der Waals surface area (Å²) in [5.41, 5.74) is 0.555. The average Bonchev–Trinajstić information content (AvgIpc) is 3.12. The van der Waals surface area contributed by atoms with Gasteiger partial charge in [-0.25, -0.2) is 4.98 Å². The molecule has 0 radical (unpaired) electrons. The van der Waals surface area contributed by atoms with Gasteiger partial charge in [-0.1, -0.05) is 0 Å². The largest absolute Gasteiger partial charge is 0.339 e. The van der Waals surface area contributed by atoms with Gasteiger partial charge in [-0.05, 0) is 31.1 Å². The summed E-state index contributed by atoms with van der Waals surface area (Å²) < 4.78 is 0. The van der Waals surface area contributed by atoms with Crippen molar-refractivity contribution in [3.8, 4) is 6.07 Å². The van der Waals surface area contributed by atoms with Gasteiger partial charge in [-0.2, -0.15) is 5.26 Å². The minimum atomic E-state index is 0.0747. The molecule has 100 valence electrons. The van der Waals surface area contributed by atoms with E-state index in [2.05, 4.69) is 11.1 Å². The highest BCUT2D eigenvalue weighted by molar-refractivity contribution is 7.19. The van der Waals surface area contributed by atoms with Gasteiger partial charge in [0.2, 0.25) is 5.91 Å². The zero-order chi connectivity index (χ0) is 13.9. The molecule has 0 unspecified atom stereocenters. The van der Waals surface area contributed by atoms with E-state index in [1.54, 1.807) is 12.3 Å². The van der Waals surface area contributed by atoms with Crippen LogP contribution in [0.2, 0.25) is 0 Å². The molecule has 0 bridgehead atoms. The Morgan fingerprint density at radius 3 is 2.95 bits per heavy atom. The van der Waals surface area contributed by atoms with Gasteiger partial charge in [0.05, 0.1) is 5.56 Å². The Balaban J connectivity index is 1.80. The molecule has 4 nitrogen and oxygen atoms in total. The first-order chi connectivity index (χ1) is 9.76. The van der Waals surface area contributed by atoms with Crippen molar-refractivity contribution < 1.29 is 4.79 Å². The lowest BCUT2D eigenvalue weighted by Crippen LogP contribution is -2.25. The number of hydrogen-bond donors (Lipinski definition) is 0. The van der Waals surface area contributed by atoms with Gasteiger partial charge in [0.25, 0.3) is 0 Å². The topological polar surface area (TPSA) is 57.0 Å². The molecule has 1 amide bonds. The highest BCUT2D eigenvalue weighted by Crippen LogP contribution is 2.25. The molecule has 0 aliphatic carbocycles. The third-order valence-electron chi connectivity index (χ3n) is 3.33. The highest BCUT2D eigenvalue weighted by atomic mass is 32.1. The minimum Gasteiger partial charge on any atom is -0.339 e. The molecule has 2 aromatic rings. The number of nitriles is 1. The molecule has 0 aromatic carbocycles. The second-order valence-corrected chi connectivity index (χ2v) is 5.81. The SMILES string of the molecule is N#Cc1cnc2sc(/C=C/C(=O)N3CCCC3)cc2c1. The summed E-state index contributed by atoms with van der Waals surface area (Å²) in [5, 5.41) is 9.80. The van der Waals surface area contributed by atoms with Crippen molar-refractivity contribution >= 4 is 33.5 Å². The molecule has 0 atom stereocenters. The molecular formula is C15H13N3OS. The van der Waals surface area contributed by atoms with E-state index in [0.717, 1.165) is 41.0 Å². The lowest BCUT2D eigenvalue weighted by Gasteiger charge is -2.11. The van der Waals surface area contributed by atoms with E-state index in [4.69, 9.17) is 5.26 Å². The van der Waals surface area contributed by atoms with E-state index in [9.17, 15) is 4.79 Å². The van der Waals surface area contributed by atoms with Crippen molar-refractivity contribution in [1.29, 1.82) is 5.26 Å². The van der Waals surface area contributed by atoms with Crippen LogP contribution in [0.15, 0.2) is 24.4 Å². The first-order valence-corrected chi connectivity index (χ1v) is 7.34. The quantitative estimate of drug-likeness (QED) is 0.796. The van der Waals surface area contributed by atoms with Crippen LogP contribution in [0.1, 0.15) is 23.3 Å². The fourth-order valence-corrected chi connectivity index (χ4v) is 3.18. The molecule has 3 heterocycles. The zero-order valence-corrected chi connectivity index (χ0v) is 11.7. The maximum atomic E-state index is 11.9. The number of hydrogen-bond acceptors (Lipinski definition) is 4. The molecule has 1 fully saturated rings. The van der Waals surface area contributed by atoms with Crippen LogP contribution < -0.4 is 0 Å². The predicted molar refractivity (Wildman–Crippen MR) is 79.2 cm³/mol. The maximum absolute atomic E-state index is 11.9. The van der Waals surface area contributed by atoms with Gasteiger partial charge in [0.15, 0.2) is 0 Å². The third kappa shape index (κ3) is 2.56. The normalized spacial score (nSPS) is 15.1. The third-order valence-corrected chi connectivity index (χ3v) is 4.35. The molecule has 1 aliphatic rings. The lowest BCUT2D eigenvalue weighted by molar-refractivity contribution is -0.124. The zero-order valence-electron chi connectivity index (χ0n) is 10.9. The molecule has 2 aromatic heterocycles. The Morgan fingerprint density at radius 1 is 1.40 bits per heavy atom. The number of amides is 1. The molecule has 20 heavy (non-hydrogen) atoms. The van der Waals surface area contributed by atoms with E-state index in [1.165, 1.54) is 11.3 Å². The lowest BCUT2D eigenvalue weighted by atomic mass is 10.2. The predicted octanol–water partition coefficient (Wildman–Crippen LogP) is 2.80. The molecule has 0 spiro atoms. The fourth-order valence-electron chi connectivity index (χ4n) is 2.29. The first-order valence-electron chi connectivity index (χ1n) is 6.53. The van der Waals surface area contributed by atoms with E-state index in [-0.39, 0.29) is 5.91 Å². The van der Waals surface area contributed by atoms with Crippen LogP contribution >= 0.6 is 11.3 Å². The number of likely N-dealkylation sites (tertiary alicyclic amines) is 1. The Kier molecular flexibility index (Phi) is 3.48. The molecule has 0 N–H and O–H groups in total. The maximum Gasteiger partial charge on any atom is 0.246 e. The monoisotopic (exact) mass is 283 g/mol. The summed E-state index contributed by atoms with van der Waals surface area (Å²) >= 11 is 1.52. The highest BCUT2D eigenvalue weighted by Gasteiger charge is 2.15. The van der Waals surface area contributed by atoms with E-state index < -0.39 is 0 Å². The van der Waals surface area contributed by atoms with Crippen molar-refractivity contribution in [2.24, 2.45) is 0 Å². The Morgan fingerprint density at radius 2 is 2.20 bits per heavy atom. The van der Waals surface area contributed by atoms with E-state index >= 15 is 0 Å². The molecule has 0 saturated carbocycles. The minimum absolute atomic E-state index is 0.0747. The summed E-state index contributed by atoms with van der Waals surface area (Å²) in [4.78, 5) is 19.9. The van der Waals surface area contributed by atoms with E-state index in [1.807, 2.05) is 23.1 Å². The average molecular weight is 283 g/mol. The summed E-state index contributed by atoms with van der Waals surface area (Å²) in [5.74, 6) is 0.0747. The summed E-state index contributed by atoms with van der Waals surface area (Å²) in [6, 6.07) is 5.86. The summed E-state index contributed by atoms with van der Waals surface area (Å²) in [6.07, 6.45) is 7.23. The van der Waals surface area contributed by atoms with Crippen molar-refractivity contribution in [1.82, 2.24) is 9.88 Å². The van der Waals surface area contributed by atoms with Crippen molar-refractivity contribution in [2.45, 2.75) is 12.8 Å². The molecular weight excluding hydrogens is 270 g/mol. The van der Waals surface area contributed by atoms with Crippen LogP contribution in [0.25, 0.3) is 16.3 Å². The van der Waals surface area contributed by atoms with Gasteiger partial charge < -0.3 is 4.90 Å². The van der Waals surface area contributed by atoms with Gasteiger partial charge in [-0.15, -0.1) is 11.3 Å². The van der Waals surface area contributed by atoms with Crippen LogP contribution in [-0.2, 0) is 4.79 Å². The number of aromatic nitrogens is 1. The van der Waals surface area contributed by atoms with Gasteiger partial charge >= 0.3 is 0 Å². The second-order valence-electron chi connectivity index (χ2n) is 4.74.